The van der Waals surface area contributed by atoms with Crippen LogP contribution in [0.5, 0.6) is 5.75 Å². The Morgan fingerprint density at radius 3 is 3.00 bits per heavy atom. The summed E-state index contributed by atoms with van der Waals surface area (Å²) in [5, 5.41) is 2.85. The fourth-order valence-electron chi connectivity index (χ4n) is 1.30. The molecular weight excluding hydrogens is 222 g/mol. The summed E-state index contributed by atoms with van der Waals surface area (Å²) in [6, 6.07) is 7.38. The zero-order valence-electron chi connectivity index (χ0n) is 9.66. The van der Waals surface area contributed by atoms with Crippen molar-refractivity contribution < 1.29 is 9.53 Å². The van der Waals surface area contributed by atoms with E-state index in [9.17, 15) is 4.79 Å². The molecule has 0 spiro atoms. The van der Waals surface area contributed by atoms with Crippen molar-refractivity contribution in [1.82, 2.24) is 0 Å². The molecular formula is C12H17NO2S. The number of ether oxygens (including phenoxy) is 1. The van der Waals surface area contributed by atoms with Gasteiger partial charge in [-0.1, -0.05) is 6.07 Å². The van der Waals surface area contributed by atoms with Crippen LogP contribution in [0.2, 0.25) is 0 Å². The molecule has 0 atom stereocenters. The number of hydrogen-bond donors (Lipinski definition) is 1. The molecule has 0 heterocycles. The number of nitrogens with one attached hydrogen (secondary N) is 1. The number of methoxy groups -OCH3 is 1. The summed E-state index contributed by atoms with van der Waals surface area (Å²) in [6.45, 7) is 0. The van der Waals surface area contributed by atoms with Crippen LogP contribution in [0.15, 0.2) is 24.3 Å². The summed E-state index contributed by atoms with van der Waals surface area (Å²) in [6.07, 6.45) is 3.52. The van der Waals surface area contributed by atoms with Crippen LogP contribution < -0.4 is 10.1 Å². The topological polar surface area (TPSA) is 38.3 Å². The van der Waals surface area contributed by atoms with Crippen molar-refractivity contribution in [2.24, 2.45) is 0 Å². The highest BCUT2D eigenvalue weighted by Gasteiger charge is 2.02. The molecule has 0 aliphatic rings. The molecule has 0 radical (unpaired) electrons. The van der Waals surface area contributed by atoms with Crippen molar-refractivity contribution in [1.29, 1.82) is 0 Å². The Morgan fingerprint density at radius 2 is 2.31 bits per heavy atom. The number of hydrogen-bond acceptors (Lipinski definition) is 3. The van der Waals surface area contributed by atoms with Crippen LogP contribution in [0.4, 0.5) is 5.69 Å². The number of anilines is 1. The highest BCUT2D eigenvalue weighted by Crippen LogP contribution is 2.16. The number of rotatable bonds is 6. The second-order valence-electron chi connectivity index (χ2n) is 3.38. The van der Waals surface area contributed by atoms with Gasteiger partial charge < -0.3 is 10.1 Å². The maximum absolute atomic E-state index is 11.5. The minimum absolute atomic E-state index is 0.0577. The van der Waals surface area contributed by atoms with Crippen molar-refractivity contribution >= 4 is 23.4 Å². The minimum atomic E-state index is 0.0577. The minimum Gasteiger partial charge on any atom is -0.497 e. The van der Waals surface area contributed by atoms with E-state index in [0.717, 1.165) is 23.6 Å². The smallest absolute Gasteiger partial charge is 0.224 e. The van der Waals surface area contributed by atoms with Gasteiger partial charge in [0.05, 0.1) is 7.11 Å². The molecule has 0 fully saturated rings. The predicted octanol–water partition coefficient (Wildman–Crippen LogP) is 2.78. The first-order valence-electron chi connectivity index (χ1n) is 5.19. The molecule has 1 N–H and O–H groups in total. The summed E-state index contributed by atoms with van der Waals surface area (Å²) in [7, 11) is 1.61. The average Bonchev–Trinajstić information content (AvgIpc) is 2.29. The van der Waals surface area contributed by atoms with Gasteiger partial charge in [-0.15, -0.1) is 0 Å². The number of thioether (sulfide) groups is 1. The van der Waals surface area contributed by atoms with Gasteiger partial charge in [0.2, 0.25) is 5.91 Å². The summed E-state index contributed by atoms with van der Waals surface area (Å²) < 4.78 is 5.08. The van der Waals surface area contributed by atoms with Gasteiger partial charge in [0, 0.05) is 18.2 Å². The maximum Gasteiger partial charge on any atom is 0.224 e. The molecule has 0 aliphatic carbocycles. The molecule has 0 aliphatic heterocycles. The lowest BCUT2D eigenvalue weighted by Gasteiger charge is -2.06. The Hall–Kier alpha value is -1.16. The monoisotopic (exact) mass is 239 g/mol. The fraction of sp³-hybridized carbons (Fsp3) is 0.417. The Kier molecular flexibility index (Phi) is 5.78. The van der Waals surface area contributed by atoms with Crippen LogP contribution in [0.25, 0.3) is 0 Å². The van der Waals surface area contributed by atoms with Crippen LogP contribution in [0.1, 0.15) is 12.8 Å². The van der Waals surface area contributed by atoms with E-state index >= 15 is 0 Å². The van der Waals surface area contributed by atoms with E-state index < -0.39 is 0 Å². The zero-order chi connectivity index (χ0) is 11.8. The molecule has 0 aromatic heterocycles. The summed E-state index contributed by atoms with van der Waals surface area (Å²) in [4.78, 5) is 11.5. The van der Waals surface area contributed by atoms with Crippen molar-refractivity contribution in [3.63, 3.8) is 0 Å². The Morgan fingerprint density at radius 1 is 1.50 bits per heavy atom. The van der Waals surface area contributed by atoms with Gasteiger partial charge in [0.15, 0.2) is 0 Å². The molecule has 0 saturated heterocycles. The first-order valence-corrected chi connectivity index (χ1v) is 6.58. The maximum atomic E-state index is 11.5. The predicted molar refractivity (Wildman–Crippen MR) is 69.2 cm³/mol. The van der Waals surface area contributed by atoms with Gasteiger partial charge in [0.1, 0.15) is 5.75 Å². The third-order valence-corrected chi connectivity index (χ3v) is 2.80. The van der Waals surface area contributed by atoms with E-state index in [1.54, 1.807) is 18.9 Å². The van der Waals surface area contributed by atoms with Gasteiger partial charge in [-0.25, -0.2) is 0 Å². The van der Waals surface area contributed by atoms with Gasteiger partial charge >= 0.3 is 0 Å². The highest BCUT2D eigenvalue weighted by atomic mass is 32.2. The first kappa shape index (κ1) is 12.9. The van der Waals surface area contributed by atoms with Crippen LogP contribution in [0.3, 0.4) is 0 Å². The zero-order valence-corrected chi connectivity index (χ0v) is 10.5. The van der Waals surface area contributed by atoms with E-state index in [1.165, 1.54) is 0 Å². The Labute approximate surface area is 101 Å². The van der Waals surface area contributed by atoms with Gasteiger partial charge in [-0.3, -0.25) is 4.79 Å². The van der Waals surface area contributed by atoms with E-state index in [2.05, 4.69) is 5.32 Å². The molecule has 4 heteroatoms. The Bertz CT molecular complexity index is 342. The quantitative estimate of drug-likeness (QED) is 0.776. The highest BCUT2D eigenvalue weighted by molar-refractivity contribution is 7.98. The largest absolute Gasteiger partial charge is 0.497 e. The van der Waals surface area contributed by atoms with Gasteiger partial charge in [0.25, 0.3) is 0 Å². The van der Waals surface area contributed by atoms with Crippen molar-refractivity contribution in [3.05, 3.63) is 24.3 Å². The molecule has 1 amide bonds. The van der Waals surface area contributed by atoms with Crippen LogP contribution in [-0.2, 0) is 4.79 Å². The number of carbonyl (C=O) groups excluding carboxylic acids is 1. The molecule has 0 unspecified atom stereocenters. The summed E-state index contributed by atoms with van der Waals surface area (Å²) in [5.74, 6) is 1.83. The number of benzene rings is 1. The standard InChI is InChI=1S/C12H17NO2S/c1-15-11-6-3-5-10(9-11)13-12(14)7-4-8-16-2/h3,5-6,9H,4,7-8H2,1-2H3,(H,13,14). The average molecular weight is 239 g/mol. The van der Waals surface area contributed by atoms with Gasteiger partial charge in [-0.05, 0) is 30.6 Å². The fourth-order valence-corrected chi connectivity index (χ4v) is 1.73. The second kappa shape index (κ2) is 7.17. The lowest BCUT2D eigenvalue weighted by Crippen LogP contribution is -2.11. The summed E-state index contributed by atoms with van der Waals surface area (Å²) in [5.41, 5.74) is 0.786. The van der Waals surface area contributed by atoms with Crippen molar-refractivity contribution in [3.8, 4) is 5.75 Å². The van der Waals surface area contributed by atoms with Crippen molar-refractivity contribution in [2.75, 3.05) is 24.4 Å². The van der Waals surface area contributed by atoms with Crippen LogP contribution >= 0.6 is 11.8 Å². The second-order valence-corrected chi connectivity index (χ2v) is 4.36. The van der Waals surface area contributed by atoms with Gasteiger partial charge in [-0.2, -0.15) is 11.8 Å². The first-order chi connectivity index (χ1) is 7.76. The third kappa shape index (κ3) is 4.57. The molecule has 1 aromatic rings. The molecule has 88 valence electrons. The van der Waals surface area contributed by atoms with E-state index in [0.29, 0.717) is 6.42 Å². The number of carbonyl (C=O) groups is 1. The third-order valence-electron chi connectivity index (χ3n) is 2.11. The van der Waals surface area contributed by atoms with Crippen LogP contribution in [0, 0.1) is 0 Å². The van der Waals surface area contributed by atoms with E-state index in [1.807, 2.05) is 30.5 Å². The normalized spacial score (nSPS) is 9.88. The molecule has 16 heavy (non-hydrogen) atoms. The lowest BCUT2D eigenvalue weighted by molar-refractivity contribution is -0.116. The number of amides is 1. The van der Waals surface area contributed by atoms with E-state index in [4.69, 9.17) is 4.74 Å². The molecule has 1 rings (SSSR count). The Balaban J connectivity index is 2.43. The van der Waals surface area contributed by atoms with Crippen molar-refractivity contribution in [2.45, 2.75) is 12.8 Å². The summed E-state index contributed by atoms with van der Waals surface area (Å²) >= 11 is 1.76. The lowest BCUT2D eigenvalue weighted by atomic mass is 10.2. The SMILES string of the molecule is COc1cccc(NC(=O)CCCSC)c1. The molecule has 0 saturated carbocycles. The molecule has 0 bridgehead atoms. The molecule has 1 aromatic carbocycles. The molecule has 3 nitrogen and oxygen atoms in total. The van der Waals surface area contributed by atoms with E-state index in [-0.39, 0.29) is 5.91 Å². The van der Waals surface area contributed by atoms with Crippen LogP contribution in [-0.4, -0.2) is 25.0 Å².